The quantitative estimate of drug-likeness (QED) is 0.621. The number of aromatic amines is 2. The minimum Gasteiger partial charge on any atom is -0.340 e. The first-order valence-corrected chi connectivity index (χ1v) is 10.4. The Bertz CT molecular complexity index is 1080. The van der Waals surface area contributed by atoms with Gasteiger partial charge in [0, 0.05) is 26.2 Å². The van der Waals surface area contributed by atoms with E-state index in [2.05, 4.69) is 36.1 Å². The van der Waals surface area contributed by atoms with Gasteiger partial charge >= 0.3 is 0 Å². The highest BCUT2D eigenvalue weighted by Crippen LogP contribution is 2.29. The number of piperazine rings is 1. The first-order valence-electron chi connectivity index (χ1n) is 7.39. The monoisotopic (exact) mass is 444 g/mol. The van der Waals surface area contributed by atoms with E-state index in [-0.39, 0.29) is 5.56 Å². The first-order chi connectivity index (χ1) is 11.9. The molecule has 9 nitrogen and oxygen atoms in total. The van der Waals surface area contributed by atoms with E-state index in [4.69, 9.17) is 0 Å². The Labute approximate surface area is 154 Å². The van der Waals surface area contributed by atoms with Gasteiger partial charge in [-0.3, -0.25) is 14.9 Å². The lowest BCUT2D eigenvalue weighted by molar-refractivity contribution is 0.383. The first kappa shape index (κ1) is 16.7. The Kier molecular flexibility index (Phi) is 4.14. The number of halogens is 1. The Hall–Kier alpha value is -1.76. The maximum Gasteiger partial charge on any atom is 0.263 e. The molecule has 2 N–H and O–H groups in total. The maximum atomic E-state index is 12.6. The lowest BCUT2D eigenvalue weighted by atomic mass is 10.4. The average Bonchev–Trinajstić information content (AvgIpc) is 3.24. The van der Waals surface area contributed by atoms with Gasteiger partial charge in [-0.25, -0.2) is 8.42 Å². The molecule has 0 aliphatic carbocycles. The van der Waals surface area contributed by atoms with Gasteiger partial charge in [-0.15, -0.1) is 11.3 Å². The molecule has 0 amide bonds. The predicted octanol–water partition coefficient (Wildman–Crippen LogP) is 0.981. The van der Waals surface area contributed by atoms with Gasteiger partial charge in [0.15, 0.2) is 5.65 Å². The summed E-state index contributed by atoms with van der Waals surface area (Å²) in [5.74, 6) is 0.415. The molecule has 0 radical (unpaired) electrons. The van der Waals surface area contributed by atoms with Crippen LogP contribution in [-0.2, 0) is 10.0 Å². The molecule has 1 fully saturated rings. The van der Waals surface area contributed by atoms with Crippen LogP contribution in [0.25, 0.3) is 11.0 Å². The number of hydrogen-bond acceptors (Lipinski definition) is 7. The molecule has 1 saturated heterocycles. The minimum atomic E-state index is -3.49. The molecule has 1 aliphatic rings. The van der Waals surface area contributed by atoms with Gasteiger partial charge < -0.3 is 4.90 Å². The van der Waals surface area contributed by atoms with E-state index in [1.165, 1.54) is 21.8 Å². The van der Waals surface area contributed by atoms with Gasteiger partial charge in [0.1, 0.15) is 9.60 Å². The van der Waals surface area contributed by atoms with Crippen LogP contribution in [0.2, 0.25) is 0 Å². The predicted molar refractivity (Wildman–Crippen MR) is 97.5 cm³/mol. The van der Waals surface area contributed by atoms with E-state index in [9.17, 15) is 13.2 Å². The van der Waals surface area contributed by atoms with E-state index in [0.29, 0.717) is 47.4 Å². The molecule has 3 aromatic rings. The zero-order valence-corrected chi connectivity index (χ0v) is 16.0. The summed E-state index contributed by atoms with van der Waals surface area (Å²) in [4.78, 5) is 21.0. The van der Waals surface area contributed by atoms with Crippen LogP contribution in [0.15, 0.2) is 31.1 Å². The smallest absolute Gasteiger partial charge is 0.263 e. The second-order valence-electron chi connectivity index (χ2n) is 5.47. The molecule has 0 atom stereocenters. The zero-order chi connectivity index (χ0) is 17.6. The van der Waals surface area contributed by atoms with Crippen molar-refractivity contribution in [2.75, 3.05) is 31.1 Å². The lowest BCUT2D eigenvalue weighted by Gasteiger charge is -2.33. The van der Waals surface area contributed by atoms with Gasteiger partial charge in [0.05, 0.1) is 9.98 Å². The molecule has 0 bridgehead atoms. The Morgan fingerprint density at radius 2 is 1.96 bits per heavy atom. The topological polar surface area (TPSA) is 115 Å². The number of sulfonamides is 1. The lowest BCUT2D eigenvalue weighted by Crippen LogP contribution is -2.49. The van der Waals surface area contributed by atoms with E-state index in [1.807, 2.05) is 4.90 Å². The zero-order valence-electron chi connectivity index (χ0n) is 12.8. The SMILES string of the molecule is O=c1[nH]c(N2CCN(S(=O)(=O)c3ccc(Br)s3)CC2)nc2[nH]ncc12. The van der Waals surface area contributed by atoms with Gasteiger partial charge in [-0.2, -0.15) is 14.4 Å². The van der Waals surface area contributed by atoms with Crippen LogP contribution in [-0.4, -0.2) is 59.1 Å². The molecule has 0 saturated carbocycles. The largest absolute Gasteiger partial charge is 0.340 e. The number of fused-ring (bicyclic) bond motifs is 1. The van der Waals surface area contributed by atoms with Crippen molar-refractivity contribution in [2.24, 2.45) is 0 Å². The number of hydrogen-bond donors (Lipinski definition) is 2. The van der Waals surface area contributed by atoms with Crippen molar-refractivity contribution >= 4 is 54.3 Å². The van der Waals surface area contributed by atoms with Gasteiger partial charge in [0.25, 0.3) is 15.6 Å². The highest BCUT2D eigenvalue weighted by Gasteiger charge is 2.30. The summed E-state index contributed by atoms with van der Waals surface area (Å²) >= 11 is 4.48. The number of nitrogens with zero attached hydrogens (tertiary/aromatic N) is 4. The number of anilines is 1. The second kappa shape index (κ2) is 6.20. The Morgan fingerprint density at radius 3 is 2.64 bits per heavy atom. The highest BCUT2D eigenvalue weighted by atomic mass is 79.9. The van der Waals surface area contributed by atoms with E-state index >= 15 is 0 Å². The molecule has 0 unspecified atom stereocenters. The summed E-state index contributed by atoms with van der Waals surface area (Å²) in [5.41, 5.74) is 0.143. The van der Waals surface area contributed by atoms with E-state index in [0.717, 1.165) is 3.79 Å². The average molecular weight is 445 g/mol. The molecule has 0 spiro atoms. The summed E-state index contributed by atoms with van der Waals surface area (Å²) in [5, 5.41) is 6.89. The van der Waals surface area contributed by atoms with Crippen molar-refractivity contribution in [1.29, 1.82) is 0 Å². The summed E-state index contributed by atoms with van der Waals surface area (Å²) in [6.45, 7) is 1.52. The van der Waals surface area contributed by atoms with Crippen molar-refractivity contribution in [2.45, 2.75) is 4.21 Å². The number of aromatic nitrogens is 4. The van der Waals surface area contributed by atoms with Gasteiger partial charge in [0.2, 0.25) is 5.95 Å². The highest BCUT2D eigenvalue weighted by molar-refractivity contribution is 9.11. The number of thiophene rings is 1. The molecule has 4 heterocycles. The fourth-order valence-corrected chi connectivity index (χ4v) is 6.27. The van der Waals surface area contributed by atoms with Crippen molar-refractivity contribution in [3.63, 3.8) is 0 Å². The van der Waals surface area contributed by atoms with Crippen LogP contribution in [0.4, 0.5) is 5.95 Å². The summed E-state index contributed by atoms with van der Waals surface area (Å²) in [6.07, 6.45) is 1.43. The Balaban J connectivity index is 1.53. The Morgan fingerprint density at radius 1 is 1.20 bits per heavy atom. The van der Waals surface area contributed by atoms with Crippen molar-refractivity contribution < 1.29 is 8.42 Å². The molecule has 25 heavy (non-hydrogen) atoms. The van der Waals surface area contributed by atoms with Crippen molar-refractivity contribution in [3.05, 3.63) is 32.5 Å². The van der Waals surface area contributed by atoms with Gasteiger partial charge in [-0.05, 0) is 28.1 Å². The van der Waals surface area contributed by atoms with Crippen molar-refractivity contribution in [3.8, 4) is 0 Å². The van der Waals surface area contributed by atoms with E-state index < -0.39 is 10.0 Å². The van der Waals surface area contributed by atoms with Gasteiger partial charge in [-0.1, -0.05) is 0 Å². The van der Waals surface area contributed by atoms with Crippen LogP contribution in [0, 0.1) is 0 Å². The summed E-state index contributed by atoms with van der Waals surface area (Å²) in [6, 6.07) is 3.32. The van der Waals surface area contributed by atoms with E-state index in [1.54, 1.807) is 12.1 Å². The normalized spacial score (nSPS) is 16.6. The molecule has 3 aromatic heterocycles. The third-order valence-corrected chi connectivity index (χ3v) is 7.98. The van der Waals surface area contributed by atoms with Crippen molar-refractivity contribution in [1.82, 2.24) is 24.5 Å². The van der Waals surface area contributed by atoms with Crippen LogP contribution in [0.3, 0.4) is 0 Å². The number of H-pyrrole nitrogens is 2. The molecule has 132 valence electrons. The number of nitrogens with one attached hydrogen (secondary N) is 2. The second-order valence-corrected chi connectivity index (χ2v) is 10.1. The third-order valence-electron chi connectivity index (χ3n) is 3.99. The molecule has 12 heteroatoms. The maximum absolute atomic E-state index is 12.6. The molecule has 1 aliphatic heterocycles. The van der Waals surface area contributed by atoms with Crippen LogP contribution >= 0.6 is 27.3 Å². The fourth-order valence-electron chi connectivity index (χ4n) is 2.69. The van der Waals surface area contributed by atoms with Crippen LogP contribution < -0.4 is 10.5 Å². The molecule has 0 aromatic carbocycles. The van der Waals surface area contributed by atoms with Crippen LogP contribution in [0.1, 0.15) is 0 Å². The summed E-state index contributed by atoms with van der Waals surface area (Å²) < 4.78 is 27.8. The standard InChI is InChI=1S/C13H13BrN6O3S2/c14-9-1-2-10(24-9)25(22,23)20-5-3-19(4-6-20)13-16-11-8(7-15-18-11)12(21)17-13/h1-2,7H,3-6H2,(H2,15,16,17,18,21). The third kappa shape index (κ3) is 2.99. The fraction of sp³-hybridized carbons (Fsp3) is 0.308. The summed E-state index contributed by atoms with van der Waals surface area (Å²) in [7, 11) is -3.49. The molecular formula is C13H13BrN6O3S2. The number of rotatable bonds is 3. The molecular weight excluding hydrogens is 432 g/mol. The molecule has 4 rings (SSSR count). The minimum absolute atomic E-state index is 0.271. The van der Waals surface area contributed by atoms with Crippen LogP contribution in [0.5, 0.6) is 0 Å².